The van der Waals surface area contributed by atoms with Gasteiger partial charge in [0.15, 0.2) is 0 Å². The Labute approximate surface area is 125 Å². The van der Waals surface area contributed by atoms with Crippen LogP contribution in [0.3, 0.4) is 0 Å². The Balaban J connectivity index is 2.08. The molecule has 2 rings (SSSR count). The van der Waals surface area contributed by atoms with Gasteiger partial charge < -0.3 is 4.74 Å². The van der Waals surface area contributed by atoms with Crippen LogP contribution in [0.1, 0.15) is 18.2 Å². The summed E-state index contributed by atoms with van der Waals surface area (Å²) in [5.41, 5.74) is 4.86. The van der Waals surface area contributed by atoms with Crippen molar-refractivity contribution in [2.45, 2.75) is 32.4 Å². The molecule has 1 aliphatic rings. The van der Waals surface area contributed by atoms with Gasteiger partial charge in [-0.2, -0.15) is 5.10 Å². The van der Waals surface area contributed by atoms with E-state index in [0.717, 1.165) is 43.9 Å². The fraction of sp³-hybridized carbons (Fsp3) is 0.769. The van der Waals surface area contributed by atoms with Gasteiger partial charge in [-0.15, -0.1) is 0 Å². The fourth-order valence-corrected chi connectivity index (χ4v) is 2.94. The number of nitrogens with two attached hydrogens (primary N) is 1. The average molecular weight is 302 g/mol. The van der Waals surface area contributed by atoms with Crippen LogP contribution < -0.4 is 11.3 Å². The Bertz CT molecular complexity index is 450. The van der Waals surface area contributed by atoms with Crippen molar-refractivity contribution >= 4 is 11.6 Å². The van der Waals surface area contributed by atoms with Crippen LogP contribution in [-0.2, 0) is 18.2 Å². The van der Waals surface area contributed by atoms with Crippen LogP contribution >= 0.6 is 11.6 Å². The second-order valence-electron chi connectivity index (χ2n) is 5.26. The van der Waals surface area contributed by atoms with E-state index in [-0.39, 0.29) is 12.1 Å². The highest BCUT2D eigenvalue weighted by Gasteiger charge is 2.28. The zero-order valence-electron chi connectivity index (χ0n) is 12.4. The molecule has 1 fully saturated rings. The molecule has 2 atom stereocenters. The molecule has 1 aliphatic heterocycles. The fourth-order valence-electron chi connectivity index (χ4n) is 2.69. The van der Waals surface area contributed by atoms with Gasteiger partial charge in [-0.05, 0) is 19.9 Å². The average Bonchev–Trinajstić information content (AvgIpc) is 2.70. The minimum atomic E-state index is 0.0322. The molecule has 20 heavy (non-hydrogen) atoms. The van der Waals surface area contributed by atoms with Crippen molar-refractivity contribution in [3.8, 4) is 0 Å². The van der Waals surface area contributed by atoms with E-state index in [9.17, 15) is 0 Å². The molecular weight excluding hydrogens is 278 g/mol. The molecule has 0 saturated carbocycles. The quantitative estimate of drug-likeness (QED) is 0.611. The first kappa shape index (κ1) is 15.7. The number of nitrogens with zero attached hydrogens (tertiary/aromatic N) is 3. The minimum absolute atomic E-state index is 0.0322. The van der Waals surface area contributed by atoms with E-state index in [0.29, 0.717) is 5.15 Å². The van der Waals surface area contributed by atoms with Gasteiger partial charge in [0.25, 0.3) is 0 Å². The number of aromatic nitrogens is 2. The summed E-state index contributed by atoms with van der Waals surface area (Å²) in [4.78, 5) is 2.37. The van der Waals surface area contributed by atoms with Gasteiger partial charge in [0, 0.05) is 25.7 Å². The van der Waals surface area contributed by atoms with E-state index in [1.54, 1.807) is 4.68 Å². The Morgan fingerprint density at radius 3 is 2.90 bits per heavy atom. The number of ether oxygens (including phenoxy) is 1. The van der Waals surface area contributed by atoms with Crippen molar-refractivity contribution in [2.24, 2.45) is 12.9 Å². The van der Waals surface area contributed by atoms with E-state index >= 15 is 0 Å². The van der Waals surface area contributed by atoms with Gasteiger partial charge in [0.2, 0.25) is 0 Å². The van der Waals surface area contributed by atoms with Crippen molar-refractivity contribution in [2.75, 3.05) is 26.2 Å². The highest BCUT2D eigenvalue weighted by Crippen LogP contribution is 2.22. The van der Waals surface area contributed by atoms with E-state index in [1.807, 2.05) is 14.0 Å². The normalized spacial score (nSPS) is 22.1. The molecule has 1 aromatic rings. The van der Waals surface area contributed by atoms with Gasteiger partial charge in [-0.1, -0.05) is 18.5 Å². The smallest absolute Gasteiger partial charge is 0.130 e. The van der Waals surface area contributed by atoms with Crippen molar-refractivity contribution in [1.29, 1.82) is 0 Å². The van der Waals surface area contributed by atoms with E-state index in [1.165, 1.54) is 0 Å². The highest BCUT2D eigenvalue weighted by atomic mass is 35.5. The first-order valence-corrected chi connectivity index (χ1v) is 7.42. The van der Waals surface area contributed by atoms with E-state index in [2.05, 4.69) is 22.3 Å². The number of morpholine rings is 1. The monoisotopic (exact) mass is 301 g/mol. The molecule has 3 N–H and O–H groups in total. The number of hydrazine groups is 1. The predicted molar refractivity (Wildman–Crippen MR) is 79.6 cm³/mol. The SMILES string of the molecule is CCN1CCOC(C(Cc2c(C)nn(C)c2Cl)NN)C1. The standard InChI is InChI=1S/C13H24ClN5O/c1-4-19-5-6-20-12(8-19)11(16-15)7-10-9(2)17-18(3)13(10)14/h11-12,16H,4-8,15H2,1-3H3. The summed E-state index contributed by atoms with van der Waals surface area (Å²) in [6.07, 6.45) is 0.793. The van der Waals surface area contributed by atoms with Gasteiger partial charge in [0.1, 0.15) is 5.15 Å². The molecule has 1 saturated heterocycles. The molecule has 1 aromatic heterocycles. The molecule has 114 valence electrons. The molecule has 0 bridgehead atoms. The van der Waals surface area contributed by atoms with Crippen molar-refractivity contribution in [3.63, 3.8) is 0 Å². The predicted octanol–water partition coefficient (Wildman–Crippen LogP) is 0.477. The Hall–Kier alpha value is -0.660. The summed E-state index contributed by atoms with van der Waals surface area (Å²) in [5, 5.41) is 5.01. The van der Waals surface area contributed by atoms with Crippen LogP contribution in [0.4, 0.5) is 0 Å². The Morgan fingerprint density at radius 2 is 2.35 bits per heavy atom. The maximum atomic E-state index is 6.29. The number of hydrogen-bond donors (Lipinski definition) is 2. The molecule has 2 unspecified atom stereocenters. The van der Waals surface area contributed by atoms with Crippen molar-refractivity contribution < 1.29 is 4.74 Å². The van der Waals surface area contributed by atoms with Crippen molar-refractivity contribution in [3.05, 3.63) is 16.4 Å². The molecular formula is C13H24ClN5O. The van der Waals surface area contributed by atoms with Gasteiger partial charge >= 0.3 is 0 Å². The number of halogens is 1. The zero-order valence-corrected chi connectivity index (χ0v) is 13.2. The summed E-state index contributed by atoms with van der Waals surface area (Å²) >= 11 is 6.29. The molecule has 0 aliphatic carbocycles. The maximum Gasteiger partial charge on any atom is 0.130 e. The number of likely N-dealkylation sites (N-methyl/N-ethyl adjacent to an activating group) is 1. The minimum Gasteiger partial charge on any atom is -0.374 e. The largest absolute Gasteiger partial charge is 0.374 e. The zero-order chi connectivity index (χ0) is 14.7. The molecule has 0 radical (unpaired) electrons. The van der Waals surface area contributed by atoms with E-state index in [4.69, 9.17) is 22.2 Å². The maximum absolute atomic E-state index is 6.29. The highest BCUT2D eigenvalue weighted by molar-refractivity contribution is 6.30. The molecule has 6 nitrogen and oxygen atoms in total. The molecule has 7 heteroatoms. The molecule has 0 aromatic carbocycles. The third-order valence-corrected chi connectivity index (χ3v) is 4.45. The third-order valence-electron chi connectivity index (χ3n) is 3.98. The van der Waals surface area contributed by atoms with Crippen LogP contribution in [0.15, 0.2) is 0 Å². The van der Waals surface area contributed by atoms with Crippen LogP contribution in [0.2, 0.25) is 5.15 Å². The lowest BCUT2D eigenvalue weighted by molar-refractivity contribution is -0.0448. The summed E-state index contributed by atoms with van der Waals surface area (Å²) in [6, 6.07) is 0.0322. The van der Waals surface area contributed by atoms with Crippen LogP contribution in [-0.4, -0.2) is 53.1 Å². The summed E-state index contributed by atoms with van der Waals surface area (Å²) in [7, 11) is 1.85. The van der Waals surface area contributed by atoms with Gasteiger partial charge in [0.05, 0.1) is 24.4 Å². The van der Waals surface area contributed by atoms with Gasteiger partial charge in [-0.3, -0.25) is 20.9 Å². The lowest BCUT2D eigenvalue weighted by Crippen LogP contribution is -2.54. The first-order chi connectivity index (χ1) is 9.56. The van der Waals surface area contributed by atoms with Crippen LogP contribution in [0.5, 0.6) is 0 Å². The number of nitrogens with one attached hydrogen (secondary N) is 1. The van der Waals surface area contributed by atoms with Crippen LogP contribution in [0, 0.1) is 6.92 Å². The lowest BCUT2D eigenvalue weighted by Gasteiger charge is -2.36. The molecule has 0 amide bonds. The number of hydrogen-bond acceptors (Lipinski definition) is 5. The Kier molecular flexibility index (Phi) is 5.40. The van der Waals surface area contributed by atoms with E-state index < -0.39 is 0 Å². The number of rotatable bonds is 5. The first-order valence-electron chi connectivity index (χ1n) is 7.04. The van der Waals surface area contributed by atoms with Gasteiger partial charge in [-0.25, -0.2) is 0 Å². The third kappa shape index (κ3) is 3.32. The lowest BCUT2D eigenvalue weighted by atomic mass is 10.0. The topological polar surface area (TPSA) is 68.3 Å². The summed E-state index contributed by atoms with van der Waals surface area (Å²) in [6.45, 7) is 7.78. The summed E-state index contributed by atoms with van der Waals surface area (Å²) < 4.78 is 7.56. The molecule has 2 heterocycles. The number of aryl methyl sites for hydroxylation is 2. The second-order valence-corrected chi connectivity index (χ2v) is 5.62. The second kappa shape index (κ2) is 6.87. The van der Waals surface area contributed by atoms with Crippen LogP contribution in [0.25, 0.3) is 0 Å². The summed E-state index contributed by atoms with van der Waals surface area (Å²) in [5.74, 6) is 5.73. The Morgan fingerprint density at radius 1 is 1.60 bits per heavy atom. The van der Waals surface area contributed by atoms with Crippen molar-refractivity contribution in [1.82, 2.24) is 20.1 Å². The molecule has 0 spiro atoms.